The summed E-state index contributed by atoms with van der Waals surface area (Å²) >= 11 is 4.87. The van der Waals surface area contributed by atoms with Crippen molar-refractivity contribution in [3.63, 3.8) is 0 Å². The summed E-state index contributed by atoms with van der Waals surface area (Å²) in [4.78, 5) is 50.4. The number of thiocarbonyl (C=S) groups is 1. The smallest absolute Gasteiger partial charge is 0.347 e. The summed E-state index contributed by atoms with van der Waals surface area (Å²) in [5, 5.41) is 11.7. The largest absolute Gasteiger partial charge is 0.426 e. The SMILES string of the molecule is CC(=O)Oc1cc(NC(=O)CCCO[N+](=O)[O-])ccc1C(=O)Oc1ccc(C(N)=S)cc1. The Morgan fingerprint density at radius 1 is 1.12 bits per heavy atom. The highest BCUT2D eigenvalue weighted by Gasteiger charge is 2.18. The Hall–Kier alpha value is -4.06. The van der Waals surface area contributed by atoms with Crippen molar-refractivity contribution < 1.29 is 33.8 Å². The molecular weight excluding hydrogens is 442 g/mol. The summed E-state index contributed by atoms with van der Waals surface area (Å²) < 4.78 is 10.4. The van der Waals surface area contributed by atoms with Crippen LogP contribution in [-0.2, 0) is 14.4 Å². The second-order valence-corrected chi connectivity index (χ2v) is 6.73. The molecule has 11 nitrogen and oxygen atoms in total. The third-order valence-electron chi connectivity index (χ3n) is 3.83. The number of rotatable bonds is 10. The van der Waals surface area contributed by atoms with Gasteiger partial charge in [-0.3, -0.25) is 9.59 Å². The molecule has 0 saturated carbocycles. The zero-order valence-corrected chi connectivity index (χ0v) is 17.7. The number of hydrogen-bond donors (Lipinski definition) is 2. The molecule has 2 aromatic rings. The summed E-state index contributed by atoms with van der Waals surface area (Å²) in [6, 6.07) is 10.2. The zero-order chi connectivity index (χ0) is 23.7. The molecule has 0 radical (unpaired) electrons. The van der Waals surface area contributed by atoms with Crippen LogP contribution in [0.4, 0.5) is 5.69 Å². The lowest BCUT2D eigenvalue weighted by molar-refractivity contribution is -0.757. The highest BCUT2D eigenvalue weighted by Crippen LogP contribution is 2.26. The van der Waals surface area contributed by atoms with Gasteiger partial charge in [0.2, 0.25) is 5.91 Å². The molecular formula is C20H19N3O8S. The van der Waals surface area contributed by atoms with E-state index in [4.69, 9.17) is 27.4 Å². The van der Waals surface area contributed by atoms with Gasteiger partial charge < -0.3 is 25.4 Å². The van der Waals surface area contributed by atoms with Gasteiger partial charge in [0, 0.05) is 30.7 Å². The van der Waals surface area contributed by atoms with Gasteiger partial charge in [-0.15, -0.1) is 10.1 Å². The molecule has 0 aromatic heterocycles. The Bertz CT molecular complexity index is 1040. The molecule has 0 aliphatic rings. The van der Waals surface area contributed by atoms with E-state index in [1.54, 1.807) is 12.1 Å². The van der Waals surface area contributed by atoms with E-state index in [1.165, 1.54) is 30.3 Å². The molecule has 2 rings (SSSR count). The van der Waals surface area contributed by atoms with E-state index in [2.05, 4.69) is 10.2 Å². The number of carbonyl (C=O) groups excluding carboxylic acids is 3. The third kappa shape index (κ3) is 7.65. The van der Waals surface area contributed by atoms with E-state index in [-0.39, 0.29) is 47.2 Å². The maximum Gasteiger partial charge on any atom is 0.347 e. The Morgan fingerprint density at radius 2 is 1.81 bits per heavy atom. The van der Waals surface area contributed by atoms with E-state index in [0.717, 1.165) is 6.92 Å². The summed E-state index contributed by atoms with van der Waals surface area (Å²) in [6.45, 7) is 0.937. The fourth-order valence-corrected chi connectivity index (χ4v) is 2.59. The number of anilines is 1. The summed E-state index contributed by atoms with van der Waals surface area (Å²) in [6.07, 6.45) is 0.0878. The van der Waals surface area contributed by atoms with Crippen molar-refractivity contribution in [2.75, 3.05) is 11.9 Å². The molecule has 2 aromatic carbocycles. The van der Waals surface area contributed by atoms with Crippen LogP contribution < -0.4 is 20.5 Å². The van der Waals surface area contributed by atoms with Gasteiger partial charge in [-0.05, 0) is 42.8 Å². The quantitative estimate of drug-likeness (QED) is 0.134. The van der Waals surface area contributed by atoms with E-state index >= 15 is 0 Å². The van der Waals surface area contributed by atoms with Gasteiger partial charge in [0.25, 0.3) is 5.09 Å². The number of nitrogens with two attached hydrogens (primary N) is 1. The molecule has 0 heterocycles. The van der Waals surface area contributed by atoms with Crippen molar-refractivity contribution in [3.8, 4) is 11.5 Å². The van der Waals surface area contributed by atoms with Crippen LogP contribution in [0.2, 0.25) is 0 Å². The molecule has 0 atom stereocenters. The van der Waals surface area contributed by atoms with Gasteiger partial charge in [-0.1, -0.05) is 12.2 Å². The monoisotopic (exact) mass is 461 g/mol. The zero-order valence-electron chi connectivity index (χ0n) is 16.9. The Balaban J connectivity index is 2.10. The maximum atomic E-state index is 12.6. The number of amides is 1. The highest BCUT2D eigenvalue weighted by molar-refractivity contribution is 7.80. The maximum absolute atomic E-state index is 12.6. The number of carbonyl (C=O) groups is 3. The first-order chi connectivity index (χ1) is 15.2. The summed E-state index contributed by atoms with van der Waals surface area (Å²) in [7, 11) is 0. The second-order valence-electron chi connectivity index (χ2n) is 6.29. The number of nitrogens with one attached hydrogen (secondary N) is 1. The Morgan fingerprint density at radius 3 is 2.41 bits per heavy atom. The Kier molecular flexibility index (Phi) is 8.60. The van der Waals surface area contributed by atoms with Crippen LogP contribution in [0.1, 0.15) is 35.7 Å². The normalized spacial score (nSPS) is 10.0. The molecule has 0 fully saturated rings. The first-order valence-electron chi connectivity index (χ1n) is 9.17. The van der Waals surface area contributed by atoms with Crippen molar-refractivity contribution in [2.45, 2.75) is 19.8 Å². The summed E-state index contributed by atoms with van der Waals surface area (Å²) in [5.41, 5.74) is 6.33. The molecule has 0 spiro atoms. The van der Waals surface area contributed by atoms with Gasteiger partial charge in [-0.25, -0.2) is 4.79 Å². The van der Waals surface area contributed by atoms with Gasteiger partial charge in [0.05, 0.1) is 6.61 Å². The van der Waals surface area contributed by atoms with E-state index < -0.39 is 22.9 Å². The van der Waals surface area contributed by atoms with Gasteiger partial charge >= 0.3 is 11.9 Å². The fourth-order valence-electron chi connectivity index (χ4n) is 2.45. The predicted molar refractivity (Wildman–Crippen MR) is 116 cm³/mol. The topological polar surface area (TPSA) is 160 Å². The van der Waals surface area contributed by atoms with Crippen LogP contribution in [0, 0.1) is 10.1 Å². The lowest BCUT2D eigenvalue weighted by Gasteiger charge is -2.12. The second kappa shape index (κ2) is 11.4. The molecule has 0 bridgehead atoms. The van der Waals surface area contributed by atoms with Gasteiger partial charge in [0.1, 0.15) is 22.1 Å². The Labute approximate surface area is 187 Å². The highest BCUT2D eigenvalue weighted by atomic mass is 32.1. The van der Waals surface area contributed by atoms with Crippen molar-refractivity contribution in [3.05, 3.63) is 63.7 Å². The van der Waals surface area contributed by atoms with E-state index in [9.17, 15) is 24.5 Å². The standard InChI is InChI=1S/C20H19N3O8S/c1-12(24)30-17-11-14(22-18(25)3-2-10-29-23(27)28)6-9-16(17)20(26)31-15-7-4-13(5-8-15)19(21)32/h4-9,11H,2-3,10H2,1H3,(H2,21,32)(H,22,25). The molecule has 168 valence electrons. The van der Waals surface area contributed by atoms with E-state index in [0.29, 0.717) is 5.56 Å². The minimum Gasteiger partial charge on any atom is -0.426 e. The van der Waals surface area contributed by atoms with Crippen molar-refractivity contribution in [1.82, 2.24) is 0 Å². The van der Waals surface area contributed by atoms with Gasteiger partial charge in [-0.2, -0.15) is 0 Å². The third-order valence-corrected chi connectivity index (χ3v) is 4.07. The van der Waals surface area contributed by atoms with Crippen LogP contribution in [0.25, 0.3) is 0 Å². The van der Waals surface area contributed by atoms with Gasteiger partial charge in [0.15, 0.2) is 0 Å². The molecule has 12 heteroatoms. The van der Waals surface area contributed by atoms with Crippen molar-refractivity contribution in [2.24, 2.45) is 5.73 Å². The first-order valence-corrected chi connectivity index (χ1v) is 9.58. The van der Waals surface area contributed by atoms with Crippen LogP contribution >= 0.6 is 12.2 Å². The number of hydrogen-bond acceptors (Lipinski definition) is 9. The molecule has 0 aliphatic carbocycles. The number of ether oxygens (including phenoxy) is 2. The molecule has 3 N–H and O–H groups in total. The lowest BCUT2D eigenvalue weighted by atomic mass is 10.1. The van der Waals surface area contributed by atoms with Crippen LogP contribution in [0.5, 0.6) is 11.5 Å². The van der Waals surface area contributed by atoms with E-state index in [1.807, 2.05) is 0 Å². The summed E-state index contributed by atoms with van der Waals surface area (Å²) in [5.74, 6) is -1.81. The lowest BCUT2D eigenvalue weighted by Crippen LogP contribution is -2.15. The molecule has 0 aliphatic heterocycles. The molecule has 1 amide bonds. The molecule has 0 unspecified atom stereocenters. The molecule has 32 heavy (non-hydrogen) atoms. The van der Waals surface area contributed by atoms with Crippen LogP contribution in [0.15, 0.2) is 42.5 Å². The average Bonchev–Trinajstić information content (AvgIpc) is 2.71. The van der Waals surface area contributed by atoms with Crippen molar-refractivity contribution >= 4 is 40.7 Å². The minimum absolute atomic E-state index is 0.0389. The minimum atomic E-state index is -0.942. The average molecular weight is 461 g/mol. The predicted octanol–water partition coefficient (Wildman–Crippen LogP) is 2.39. The number of esters is 2. The van der Waals surface area contributed by atoms with Crippen LogP contribution in [-0.4, -0.2) is 34.5 Å². The first kappa shape index (κ1) is 24.2. The van der Waals surface area contributed by atoms with Crippen LogP contribution in [0.3, 0.4) is 0 Å². The number of nitrogens with zero attached hydrogens (tertiary/aromatic N) is 1. The fraction of sp³-hybridized carbons (Fsp3) is 0.200. The molecule has 0 saturated heterocycles. The van der Waals surface area contributed by atoms with Crippen molar-refractivity contribution in [1.29, 1.82) is 0 Å². The number of benzene rings is 2.